The molecule has 1 atom stereocenters. The summed E-state index contributed by atoms with van der Waals surface area (Å²) in [6.07, 6.45) is 0.590. The van der Waals surface area contributed by atoms with E-state index in [0.717, 1.165) is 10.1 Å². The Labute approximate surface area is 130 Å². The first-order valence-electron chi connectivity index (χ1n) is 6.27. The predicted octanol–water partition coefficient (Wildman–Crippen LogP) is 3.81. The fraction of sp³-hybridized carbons (Fsp3) is 0.357. The second-order valence-electron chi connectivity index (χ2n) is 5.36. The molecular formula is C14H13Cl2NO2S. The minimum absolute atomic E-state index is 0.120. The lowest BCUT2D eigenvalue weighted by Crippen LogP contribution is -2.33. The van der Waals surface area contributed by atoms with E-state index in [9.17, 15) is 9.90 Å². The molecule has 1 saturated heterocycles. The number of β-amino-alcohol motifs (C(OH)–C–C–N with tert-alkyl or cyclic N) is 1. The molecule has 20 heavy (non-hydrogen) atoms. The first-order valence-corrected chi connectivity index (χ1v) is 7.84. The first kappa shape index (κ1) is 14.1. The van der Waals surface area contributed by atoms with Crippen LogP contribution in [0.15, 0.2) is 18.2 Å². The van der Waals surface area contributed by atoms with Crippen molar-refractivity contribution in [2.24, 2.45) is 0 Å². The first-order chi connectivity index (χ1) is 9.37. The largest absolute Gasteiger partial charge is 0.388 e. The van der Waals surface area contributed by atoms with Crippen LogP contribution in [0.3, 0.4) is 0 Å². The van der Waals surface area contributed by atoms with E-state index >= 15 is 0 Å². The summed E-state index contributed by atoms with van der Waals surface area (Å²) in [6.45, 7) is 2.64. The standard InChI is InChI=1S/C14H13Cl2NO2S/c1-14(19)4-5-17(7-14)13(18)12-11(16)9-3-2-8(15)6-10(9)20-12/h2-3,6,19H,4-5,7H2,1H3. The van der Waals surface area contributed by atoms with Crippen molar-refractivity contribution in [3.8, 4) is 0 Å². The van der Waals surface area contributed by atoms with Crippen LogP contribution in [-0.4, -0.2) is 34.6 Å². The number of hydrogen-bond acceptors (Lipinski definition) is 3. The third-order valence-corrected chi connectivity index (χ3v) is 5.41. The summed E-state index contributed by atoms with van der Waals surface area (Å²) in [7, 11) is 0. The highest BCUT2D eigenvalue weighted by atomic mass is 35.5. The number of carbonyl (C=O) groups is 1. The summed E-state index contributed by atoms with van der Waals surface area (Å²) in [5, 5.41) is 11.9. The van der Waals surface area contributed by atoms with Gasteiger partial charge in [0.1, 0.15) is 4.88 Å². The van der Waals surface area contributed by atoms with Crippen molar-refractivity contribution in [3.63, 3.8) is 0 Å². The minimum Gasteiger partial charge on any atom is -0.388 e. The van der Waals surface area contributed by atoms with E-state index in [2.05, 4.69) is 0 Å². The SMILES string of the molecule is CC1(O)CCN(C(=O)c2sc3cc(Cl)ccc3c2Cl)C1. The van der Waals surface area contributed by atoms with Crippen LogP contribution in [-0.2, 0) is 0 Å². The quantitative estimate of drug-likeness (QED) is 0.864. The second kappa shape index (κ2) is 4.88. The molecule has 1 unspecified atom stereocenters. The van der Waals surface area contributed by atoms with Gasteiger partial charge in [0.25, 0.3) is 5.91 Å². The third-order valence-electron chi connectivity index (χ3n) is 3.52. The maximum absolute atomic E-state index is 12.5. The molecule has 1 aliphatic rings. The average Bonchev–Trinajstić information content (AvgIpc) is 2.89. The smallest absolute Gasteiger partial charge is 0.265 e. The highest BCUT2D eigenvalue weighted by Crippen LogP contribution is 2.38. The fourth-order valence-corrected chi connectivity index (χ4v) is 4.19. The summed E-state index contributed by atoms with van der Waals surface area (Å²) in [4.78, 5) is 14.7. The lowest BCUT2D eigenvalue weighted by molar-refractivity contribution is 0.0575. The van der Waals surface area contributed by atoms with Crippen LogP contribution in [0.25, 0.3) is 10.1 Å². The van der Waals surface area contributed by atoms with E-state index in [-0.39, 0.29) is 5.91 Å². The topological polar surface area (TPSA) is 40.5 Å². The summed E-state index contributed by atoms with van der Waals surface area (Å²) in [5.74, 6) is -0.120. The summed E-state index contributed by atoms with van der Waals surface area (Å²) in [6, 6.07) is 5.40. The number of thiophene rings is 1. The molecule has 3 nitrogen and oxygen atoms in total. The normalized spacial score (nSPS) is 22.7. The zero-order valence-electron chi connectivity index (χ0n) is 10.8. The monoisotopic (exact) mass is 329 g/mol. The van der Waals surface area contributed by atoms with Crippen molar-refractivity contribution in [3.05, 3.63) is 33.1 Å². The maximum Gasteiger partial charge on any atom is 0.265 e. The molecule has 0 radical (unpaired) electrons. The zero-order chi connectivity index (χ0) is 14.5. The van der Waals surface area contributed by atoms with E-state index in [1.807, 2.05) is 12.1 Å². The van der Waals surface area contributed by atoms with Crippen LogP contribution < -0.4 is 0 Å². The van der Waals surface area contributed by atoms with Crippen molar-refractivity contribution >= 4 is 50.5 Å². The molecule has 2 aromatic rings. The van der Waals surface area contributed by atoms with Crippen molar-refractivity contribution in [2.45, 2.75) is 18.9 Å². The third kappa shape index (κ3) is 2.42. The molecule has 106 valence electrons. The molecule has 0 spiro atoms. The highest BCUT2D eigenvalue weighted by Gasteiger charge is 2.35. The van der Waals surface area contributed by atoms with E-state index < -0.39 is 5.60 Å². The second-order valence-corrected chi connectivity index (χ2v) is 7.23. The van der Waals surface area contributed by atoms with E-state index in [4.69, 9.17) is 23.2 Å². The van der Waals surface area contributed by atoms with Gasteiger partial charge in [-0.25, -0.2) is 0 Å². The van der Waals surface area contributed by atoms with Crippen LogP contribution in [0, 0.1) is 0 Å². The molecule has 1 aliphatic heterocycles. The highest BCUT2D eigenvalue weighted by molar-refractivity contribution is 7.21. The van der Waals surface area contributed by atoms with E-state index in [1.165, 1.54) is 11.3 Å². The Morgan fingerprint density at radius 2 is 2.20 bits per heavy atom. The maximum atomic E-state index is 12.5. The number of hydrogen-bond donors (Lipinski definition) is 1. The van der Waals surface area contributed by atoms with Crippen LogP contribution in [0.1, 0.15) is 23.0 Å². The Kier molecular flexibility index (Phi) is 3.45. The van der Waals surface area contributed by atoms with Crippen molar-refractivity contribution in [2.75, 3.05) is 13.1 Å². The summed E-state index contributed by atoms with van der Waals surface area (Å²) >= 11 is 13.6. The Morgan fingerprint density at radius 1 is 1.45 bits per heavy atom. The van der Waals surface area contributed by atoms with E-state index in [1.54, 1.807) is 17.9 Å². The van der Waals surface area contributed by atoms with Crippen LogP contribution >= 0.6 is 34.5 Å². The van der Waals surface area contributed by atoms with Gasteiger partial charge in [0.15, 0.2) is 0 Å². The molecule has 1 fully saturated rings. The fourth-order valence-electron chi connectivity index (χ4n) is 2.44. The van der Waals surface area contributed by atoms with Gasteiger partial charge in [-0.15, -0.1) is 11.3 Å². The summed E-state index contributed by atoms with van der Waals surface area (Å²) in [5.41, 5.74) is -0.803. The predicted molar refractivity (Wildman–Crippen MR) is 83.0 cm³/mol. The number of aliphatic hydroxyl groups is 1. The zero-order valence-corrected chi connectivity index (χ0v) is 13.1. The van der Waals surface area contributed by atoms with Gasteiger partial charge >= 0.3 is 0 Å². The van der Waals surface area contributed by atoms with Crippen LogP contribution in [0.4, 0.5) is 0 Å². The lowest BCUT2D eigenvalue weighted by atomic mass is 10.1. The van der Waals surface area contributed by atoms with Gasteiger partial charge in [-0.2, -0.15) is 0 Å². The molecular weight excluding hydrogens is 317 g/mol. The van der Waals surface area contributed by atoms with Gasteiger partial charge in [-0.3, -0.25) is 4.79 Å². The number of fused-ring (bicyclic) bond motifs is 1. The van der Waals surface area contributed by atoms with E-state index in [0.29, 0.717) is 34.4 Å². The molecule has 2 heterocycles. The molecule has 6 heteroatoms. The summed E-state index contributed by atoms with van der Waals surface area (Å²) < 4.78 is 0.900. The number of benzene rings is 1. The molecule has 1 amide bonds. The number of likely N-dealkylation sites (tertiary alicyclic amines) is 1. The van der Waals surface area contributed by atoms with Gasteiger partial charge in [-0.1, -0.05) is 29.3 Å². The van der Waals surface area contributed by atoms with Gasteiger partial charge in [0.05, 0.1) is 10.6 Å². The lowest BCUT2D eigenvalue weighted by Gasteiger charge is -2.18. The Morgan fingerprint density at radius 3 is 2.85 bits per heavy atom. The van der Waals surface area contributed by atoms with Crippen LogP contribution in [0.2, 0.25) is 10.0 Å². The van der Waals surface area contributed by atoms with Gasteiger partial charge in [-0.05, 0) is 25.5 Å². The number of nitrogens with zero attached hydrogens (tertiary/aromatic N) is 1. The molecule has 1 N–H and O–H groups in total. The number of carbonyl (C=O) groups excluding carboxylic acids is 1. The Hall–Kier alpha value is -0.810. The molecule has 3 rings (SSSR count). The number of halogens is 2. The van der Waals surface area contributed by atoms with Gasteiger partial charge in [0.2, 0.25) is 0 Å². The molecule has 0 saturated carbocycles. The Bertz CT molecular complexity index is 696. The van der Waals surface area contributed by atoms with Crippen molar-refractivity contribution < 1.29 is 9.90 Å². The molecule has 1 aromatic heterocycles. The van der Waals surface area contributed by atoms with Gasteiger partial charge in [0, 0.05) is 28.2 Å². The van der Waals surface area contributed by atoms with Crippen molar-refractivity contribution in [1.82, 2.24) is 4.90 Å². The minimum atomic E-state index is -0.803. The Balaban J connectivity index is 1.98. The number of rotatable bonds is 1. The molecule has 0 aliphatic carbocycles. The number of amides is 1. The van der Waals surface area contributed by atoms with Crippen molar-refractivity contribution in [1.29, 1.82) is 0 Å². The van der Waals surface area contributed by atoms with Gasteiger partial charge < -0.3 is 10.0 Å². The molecule has 1 aromatic carbocycles. The van der Waals surface area contributed by atoms with Crippen LogP contribution in [0.5, 0.6) is 0 Å². The molecule has 0 bridgehead atoms. The average molecular weight is 330 g/mol.